The lowest BCUT2D eigenvalue weighted by atomic mass is 9.80. The number of carbonyl (C=O) groups is 2. The molecule has 0 aliphatic carbocycles. The third-order valence-corrected chi connectivity index (χ3v) is 5.40. The Labute approximate surface area is 185 Å². The number of nitriles is 1. The van der Waals surface area contributed by atoms with Crippen molar-refractivity contribution in [1.29, 1.82) is 5.26 Å². The molecule has 32 heavy (non-hydrogen) atoms. The fourth-order valence-electron chi connectivity index (χ4n) is 3.82. The summed E-state index contributed by atoms with van der Waals surface area (Å²) in [4.78, 5) is 27.1. The number of esters is 2. The van der Waals surface area contributed by atoms with Crippen LogP contribution in [0.1, 0.15) is 22.6 Å². The summed E-state index contributed by atoms with van der Waals surface area (Å²) >= 11 is 0. The minimum Gasteiger partial charge on any atom is -0.466 e. The molecule has 1 aliphatic heterocycles. The molecular formula is C24H22FN3O4. The van der Waals surface area contributed by atoms with Crippen molar-refractivity contribution < 1.29 is 23.5 Å². The van der Waals surface area contributed by atoms with Gasteiger partial charge >= 0.3 is 11.9 Å². The number of methoxy groups -OCH3 is 2. The minimum absolute atomic E-state index is 0.0182. The van der Waals surface area contributed by atoms with Gasteiger partial charge in [-0.3, -0.25) is 4.90 Å². The number of anilines is 1. The molecule has 0 saturated carbocycles. The molecule has 0 bridgehead atoms. The summed E-state index contributed by atoms with van der Waals surface area (Å²) in [6.07, 6.45) is 0. The first-order valence-electron chi connectivity index (χ1n) is 9.69. The van der Waals surface area contributed by atoms with E-state index in [1.807, 2.05) is 0 Å². The van der Waals surface area contributed by atoms with Gasteiger partial charge in [0.05, 0.1) is 43.0 Å². The molecule has 0 aromatic heterocycles. The first kappa shape index (κ1) is 22.6. The minimum atomic E-state index is -0.977. The van der Waals surface area contributed by atoms with Crippen LogP contribution in [0.2, 0.25) is 0 Å². The fraction of sp³-hybridized carbons (Fsp3) is 0.208. The first-order chi connectivity index (χ1) is 15.3. The highest BCUT2D eigenvalue weighted by Gasteiger charge is 2.43. The summed E-state index contributed by atoms with van der Waals surface area (Å²) in [7, 11) is 2.32. The van der Waals surface area contributed by atoms with E-state index in [-0.39, 0.29) is 33.9 Å². The van der Waals surface area contributed by atoms with Gasteiger partial charge in [-0.1, -0.05) is 36.4 Å². The largest absolute Gasteiger partial charge is 0.466 e. The monoisotopic (exact) mass is 435 g/mol. The maximum absolute atomic E-state index is 14.8. The number of ether oxygens (including phenoxy) is 2. The van der Waals surface area contributed by atoms with Crippen molar-refractivity contribution in [2.75, 3.05) is 19.1 Å². The Morgan fingerprint density at radius 1 is 1.06 bits per heavy atom. The summed E-state index contributed by atoms with van der Waals surface area (Å²) in [5.74, 6) is -3.31. The lowest BCUT2D eigenvalue weighted by Gasteiger charge is -2.36. The quantitative estimate of drug-likeness (QED) is 0.734. The number of hydrogen-bond donors (Lipinski definition) is 1. The number of nitrogens with zero attached hydrogens (tertiary/aromatic N) is 2. The Hall–Kier alpha value is -4.12. The van der Waals surface area contributed by atoms with Crippen LogP contribution in [0.3, 0.4) is 0 Å². The van der Waals surface area contributed by atoms with Crippen LogP contribution in [-0.2, 0) is 19.1 Å². The summed E-state index contributed by atoms with van der Waals surface area (Å²) in [6, 6.07) is 13.8. The van der Waals surface area contributed by atoms with E-state index < -0.39 is 23.7 Å². The number of aryl methyl sites for hydroxylation is 1. The molecule has 0 radical (unpaired) electrons. The van der Waals surface area contributed by atoms with Gasteiger partial charge in [-0.25, -0.2) is 14.0 Å². The maximum Gasteiger partial charge on any atom is 0.355 e. The molecular weight excluding hydrogens is 413 g/mol. The van der Waals surface area contributed by atoms with Crippen LogP contribution in [0.4, 0.5) is 10.1 Å². The lowest BCUT2D eigenvalue weighted by molar-refractivity contribution is -0.139. The Morgan fingerprint density at radius 2 is 1.69 bits per heavy atom. The molecule has 8 heteroatoms. The highest BCUT2D eigenvalue weighted by molar-refractivity contribution is 6.06. The molecule has 164 valence electrons. The second-order valence-corrected chi connectivity index (χ2v) is 7.18. The average Bonchev–Trinajstić information content (AvgIpc) is 2.81. The van der Waals surface area contributed by atoms with E-state index in [2.05, 4.69) is 6.07 Å². The zero-order valence-electron chi connectivity index (χ0n) is 18.1. The summed E-state index contributed by atoms with van der Waals surface area (Å²) in [6.45, 7) is 3.12. The Morgan fingerprint density at radius 3 is 2.25 bits per heavy atom. The number of benzene rings is 2. The zero-order chi connectivity index (χ0) is 23.6. The van der Waals surface area contributed by atoms with Gasteiger partial charge < -0.3 is 15.2 Å². The molecule has 1 aliphatic rings. The Balaban J connectivity index is 2.46. The fourth-order valence-corrected chi connectivity index (χ4v) is 3.82. The van der Waals surface area contributed by atoms with Crippen LogP contribution >= 0.6 is 0 Å². The molecule has 0 amide bonds. The van der Waals surface area contributed by atoms with Crippen LogP contribution < -0.4 is 10.6 Å². The van der Waals surface area contributed by atoms with Crippen molar-refractivity contribution in [2.24, 2.45) is 5.73 Å². The van der Waals surface area contributed by atoms with Crippen molar-refractivity contribution in [2.45, 2.75) is 19.8 Å². The van der Waals surface area contributed by atoms with Crippen molar-refractivity contribution in [3.8, 4) is 6.07 Å². The Kier molecular flexibility index (Phi) is 6.30. The molecule has 3 rings (SSSR count). The maximum atomic E-state index is 14.8. The van der Waals surface area contributed by atoms with Crippen LogP contribution in [0, 0.1) is 31.0 Å². The summed E-state index contributed by atoms with van der Waals surface area (Å²) < 4.78 is 24.7. The van der Waals surface area contributed by atoms with Gasteiger partial charge in [0, 0.05) is 5.56 Å². The van der Waals surface area contributed by atoms with Gasteiger partial charge in [0.2, 0.25) is 0 Å². The molecule has 1 atom stereocenters. The van der Waals surface area contributed by atoms with Gasteiger partial charge in [-0.05, 0) is 31.0 Å². The lowest BCUT2D eigenvalue weighted by Crippen LogP contribution is -2.41. The third-order valence-electron chi connectivity index (χ3n) is 5.40. The van der Waals surface area contributed by atoms with E-state index in [9.17, 15) is 19.2 Å². The Bertz CT molecular complexity index is 1200. The van der Waals surface area contributed by atoms with E-state index in [1.165, 1.54) is 25.0 Å². The van der Waals surface area contributed by atoms with E-state index in [0.29, 0.717) is 11.1 Å². The van der Waals surface area contributed by atoms with Gasteiger partial charge in [0.15, 0.2) is 0 Å². The molecule has 0 fully saturated rings. The number of carbonyl (C=O) groups excluding carboxylic acids is 2. The molecule has 0 spiro atoms. The molecule has 1 unspecified atom stereocenters. The standard InChI is InChI=1S/C24H22FN3O4/c1-13-10-11-17(14(2)20(13)25)28-21(24(30)32-4)19(23(29)31-3)18(16(12-26)22(28)27)15-8-6-5-7-9-15/h5-11,18H,27H2,1-4H3. The summed E-state index contributed by atoms with van der Waals surface area (Å²) in [5.41, 5.74) is 7.39. The summed E-state index contributed by atoms with van der Waals surface area (Å²) in [5, 5.41) is 10.0. The smallest absolute Gasteiger partial charge is 0.355 e. The highest BCUT2D eigenvalue weighted by atomic mass is 19.1. The van der Waals surface area contributed by atoms with Crippen molar-refractivity contribution in [3.05, 3.63) is 87.6 Å². The normalized spacial score (nSPS) is 16.0. The van der Waals surface area contributed by atoms with E-state index in [1.54, 1.807) is 43.3 Å². The number of rotatable bonds is 4. The van der Waals surface area contributed by atoms with Gasteiger partial charge in [0.1, 0.15) is 17.3 Å². The van der Waals surface area contributed by atoms with E-state index >= 15 is 0 Å². The van der Waals surface area contributed by atoms with E-state index in [4.69, 9.17) is 15.2 Å². The number of halogens is 1. The number of nitrogens with two attached hydrogens (primary N) is 1. The van der Waals surface area contributed by atoms with Crippen molar-refractivity contribution in [3.63, 3.8) is 0 Å². The molecule has 2 aromatic carbocycles. The number of hydrogen-bond acceptors (Lipinski definition) is 7. The second kappa shape index (κ2) is 8.94. The topological polar surface area (TPSA) is 106 Å². The predicted molar refractivity (Wildman–Crippen MR) is 115 cm³/mol. The zero-order valence-corrected chi connectivity index (χ0v) is 18.1. The van der Waals surface area contributed by atoms with Crippen molar-refractivity contribution >= 4 is 17.6 Å². The van der Waals surface area contributed by atoms with Crippen LogP contribution in [-0.4, -0.2) is 26.2 Å². The number of allylic oxidation sites excluding steroid dienone is 1. The average molecular weight is 435 g/mol. The SMILES string of the molecule is COC(=O)C1=C(C(=O)OC)N(c2ccc(C)c(F)c2C)C(N)=C(C#N)C1c1ccccc1. The van der Waals surface area contributed by atoms with Crippen LogP contribution in [0.15, 0.2) is 65.1 Å². The third kappa shape index (κ3) is 3.58. The van der Waals surface area contributed by atoms with Crippen molar-refractivity contribution in [1.82, 2.24) is 0 Å². The highest BCUT2D eigenvalue weighted by Crippen LogP contribution is 2.44. The van der Waals surface area contributed by atoms with Gasteiger partial charge in [0.25, 0.3) is 0 Å². The predicted octanol–water partition coefficient (Wildman–Crippen LogP) is 3.34. The van der Waals surface area contributed by atoms with E-state index in [0.717, 1.165) is 7.11 Å². The van der Waals surface area contributed by atoms with Gasteiger partial charge in [-0.15, -0.1) is 0 Å². The van der Waals surface area contributed by atoms with Gasteiger partial charge in [-0.2, -0.15) is 5.26 Å². The first-order valence-corrected chi connectivity index (χ1v) is 9.69. The molecule has 7 nitrogen and oxygen atoms in total. The molecule has 2 aromatic rings. The molecule has 0 saturated heterocycles. The second-order valence-electron chi connectivity index (χ2n) is 7.18. The molecule has 2 N–H and O–H groups in total. The van der Waals surface area contributed by atoms with Crippen LogP contribution in [0.5, 0.6) is 0 Å². The van der Waals surface area contributed by atoms with Crippen LogP contribution in [0.25, 0.3) is 0 Å². The molecule has 1 heterocycles.